The van der Waals surface area contributed by atoms with Gasteiger partial charge in [0, 0.05) is 25.1 Å². The number of alkyl halides is 2. The molecule has 0 fully saturated rings. The molecular formula is C13H13F2N3O2S. The summed E-state index contributed by atoms with van der Waals surface area (Å²) in [4.78, 5) is 15.9. The number of nitrogens with one attached hydrogen (secondary N) is 1. The average molecular weight is 313 g/mol. The molecule has 2 aromatic rings. The summed E-state index contributed by atoms with van der Waals surface area (Å²) in [5, 5.41) is 3.41. The van der Waals surface area contributed by atoms with E-state index in [-0.39, 0.29) is 17.4 Å². The van der Waals surface area contributed by atoms with Gasteiger partial charge in [-0.25, -0.2) is 4.98 Å². The molecule has 0 aliphatic carbocycles. The van der Waals surface area contributed by atoms with Gasteiger partial charge in [-0.15, -0.1) is 0 Å². The Morgan fingerprint density at radius 3 is 2.71 bits per heavy atom. The van der Waals surface area contributed by atoms with E-state index in [1.807, 2.05) is 11.6 Å². The van der Waals surface area contributed by atoms with Gasteiger partial charge in [0.15, 0.2) is 5.16 Å². The van der Waals surface area contributed by atoms with Crippen molar-refractivity contribution in [2.75, 3.05) is 11.1 Å². The summed E-state index contributed by atoms with van der Waals surface area (Å²) in [7, 11) is 1.84. The van der Waals surface area contributed by atoms with Crippen molar-refractivity contribution < 1.29 is 18.3 Å². The highest BCUT2D eigenvalue weighted by Crippen LogP contribution is 2.19. The number of halogens is 2. The first-order chi connectivity index (χ1) is 10.0. The third-order valence-electron chi connectivity index (χ3n) is 2.47. The van der Waals surface area contributed by atoms with Crippen LogP contribution in [-0.2, 0) is 11.8 Å². The van der Waals surface area contributed by atoms with Crippen LogP contribution in [0, 0.1) is 0 Å². The Morgan fingerprint density at radius 2 is 2.14 bits per heavy atom. The van der Waals surface area contributed by atoms with Gasteiger partial charge in [-0.1, -0.05) is 11.8 Å². The van der Waals surface area contributed by atoms with Crippen LogP contribution in [0.15, 0.2) is 41.8 Å². The molecule has 0 aliphatic heterocycles. The number of aromatic nitrogens is 2. The number of amides is 1. The summed E-state index contributed by atoms with van der Waals surface area (Å²) >= 11 is 1.31. The van der Waals surface area contributed by atoms with Gasteiger partial charge in [-0.05, 0) is 24.3 Å². The highest BCUT2D eigenvalue weighted by molar-refractivity contribution is 7.99. The number of carbonyl (C=O) groups excluding carboxylic acids is 1. The topological polar surface area (TPSA) is 56.2 Å². The van der Waals surface area contributed by atoms with Crippen molar-refractivity contribution in [3.05, 3.63) is 36.7 Å². The summed E-state index contributed by atoms with van der Waals surface area (Å²) < 4.78 is 30.0. The van der Waals surface area contributed by atoms with E-state index in [2.05, 4.69) is 15.0 Å². The van der Waals surface area contributed by atoms with Gasteiger partial charge in [-0.2, -0.15) is 8.78 Å². The summed E-state index contributed by atoms with van der Waals surface area (Å²) in [6, 6.07) is 5.74. The Bertz CT molecular complexity index is 602. The van der Waals surface area contributed by atoms with Crippen molar-refractivity contribution in [3.8, 4) is 5.75 Å². The third-order valence-corrected chi connectivity index (χ3v) is 3.53. The van der Waals surface area contributed by atoms with E-state index in [0.29, 0.717) is 5.69 Å². The number of anilines is 1. The smallest absolute Gasteiger partial charge is 0.387 e. The molecule has 112 valence electrons. The molecule has 1 N–H and O–H groups in total. The maximum atomic E-state index is 12.0. The molecule has 0 saturated heterocycles. The molecule has 2 rings (SSSR count). The molecule has 0 bridgehead atoms. The standard InChI is InChI=1S/C13H13F2N3O2S/c1-18-7-6-16-13(18)21-8-11(19)17-9-2-4-10(5-3-9)20-12(14)15/h2-7,12H,8H2,1H3,(H,17,19). The minimum atomic E-state index is -2.86. The largest absolute Gasteiger partial charge is 0.435 e. The lowest BCUT2D eigenvalue weighted by Crippen LogP contribution is -2.14. The van der Waals surface area contributed by atoms with Crippen LogP contribution in [0.1, 0.15) is 0 Å². The predicted octanol–water partition coefficient (Wildman–Crippen LogP) is 2.75. The molecular weight excluding hydrogens is 300 g/mol. The molecule has 21 heavy (non-hydrogen) atoms. The SMILES string of the molecule is Cn1ccnc1SCC(=O)Nc1ccc(OC(F)F)cc1. The molecule has 0 saturated carbocycles. The highest BCUT2D eigenvalue weighted by Gasteiger charge is 2.07. The van der Waals surface area contributed by atoms with Crippen molar-refractivity contribution >= 4 is 23.4 Å². The summed E-state index contributed by atoms with van der Waals surface area (Å²) in [6.07, 6.45) is 3.45. The quantitative estimate of drug-likeness (QED) is 0.833. The molecule has 0 unspecified atom stereocenters. The number of imidazole rings is 1. The molecule has 1 aromatic heterocycles. The molecule has 0 aliphatic rings. The van der Waals surface area contributed by atoms with Gasteiger partial charge in [0.25, 0.3) is 0 Å². The van der Waals surface area contributed by atoms with Crippen molar-refractivity contribution in [3.63, 3.8) is 0 Å². The number of hydrogen-bond acceptors (Lipinski definition) is 4. The Labute approximate surface area is 124 Å². The van der Waals surface area contributed by atoms with Gasteiger partial charge in [-0.3, -0.25) is 4.79 Å². The monoisotopic (exact) mass is 313 g/mol. The van der Waals surface area contributed by atoms with E-state index in [1.54, 1.807) is 12.4 Å². The zero-order chi connectivity index (χ0) is 15.2. The van der Waals surface area contributed by atoms with E-state index < -0.39 is 6.61 Å². The minimum absolute atomic E-state index is 0.0467. The van der Waals surface area contributed by atoms with Crippen molar-refractivity contribution in [1.29, 1.82) is 0 Å². The number of hydrogen-bond donors (Lipinski definition) is 1. The van der Waals surface area contributed by atoms with E-state index in [4.69, 9.17) is 0 Å². The average Bonchev–Trinajstić information content (AvgIpc) is 2.84. The summed E-state index contributed by atoms with van der Waals surface area (Å²) in [6.45, 7) is -2.86. The number of aryl methyl sites for hydroxylation is 1. The second-order valence-corrected chi connectivity index (χ2v) is 5.00. The minimum Gasteiger partial charge on any atom is -0.435 e. The molecule has 0 spiro atoms. The first kappa shape index (κ1) is 15.3. The summed E-state index contributed by atoms with van der Waals surface area (Å²) in [5.74, 6) is 0.0519. The molecule has 1 aromatic carbocycles. The van der Waals surface area contributed by atoms with Crippen LogP contribution in [0.3, 0.4) is 0 Å². The van der Waals surface area contributed by atoms with Crippen LogP contribution in [0.4, 0.5) is 14.5 Å². The molecule has 0 radical (unpaired) electrons. The van der Waals surface area contributed by atoms with E-state index in [9.17, 15) is 13.6 Å². The van der Waals surface area contributed by atoms with E-state index >= 15 is 0 Å². The number of nitrogens with zero attached hydrogens (tertiary/aromatic N) is 2. The molecule has 1 amide bonds. The van der Waals surface area contributed by atoms with E-state index in [0.717, 1.165) is 5.16 Å². The van der Waals surface area contributed by atoms with Gasteiger partial charge < -0.3 is 14.6 Å². The number of ether oxygens (including phenoxy) is 1. The Balaban J connectivity index is 1.83. The number of thioether (sulfide) groups is 1. The van der Waals surface area contributed by atoms with Gasteiger partial charge in [0.1, 0.15) is 5.75 Å². The lowest BCUT2D eigenvalue weighted by molar-refractivity contribution is -0.113. The first-order valence-corrected chi connectivity index (χ1v) is 6.98. The lowest BCUT2D eigenvalue weighted by Gasteiger charge is -2.07. The number of rotatable bonds is 6. The van der Waals surface area contributed by atoms with Gasteiger partial charge >= 0.3 is 6.61 Å². The van der Waals surface area contributed by atoms with Crippen LogP contribution in [0.25, 0.3) is 0 Å². The van der Waals surface area contributed by atoms with Gasteiger partial charge in [0.05, 0.1) is 5.75 Å². The van der Waals surface area contributed by atoms with Crippen molar-refractivity contribution in [2.24, 2.45) is 7.05 Å². The van der Waals surface area contributed by atoms with Crippen LogP contribution in [-0.4, -0.2) is 27.8 Å². The summed E-state index contributed by atoms with van der Waals surface area (Å²) in [5.41, 5.74) is 0.516. The molecule has 5 nitrogen and oxygen atoms in total. The number of benzene rings is 1. The highest BCUT2D eigenvalue weighted by atomic mass is 32.2. The van der Waals surface area contributed by atoms with Crippen molar-refractivity contribution in [1.82, 2.24) is 9.55 Å². The fourth-order valence-electron chi connectivity index (χ4n) is 1.54. The maximum Gasteiger partial charge on any atom is 0.387 e. The Kier molecular flexibility index (Phi) is 5.15. The molecule has 1 heterocycles. The molecule has 8 heteroatoms. The maximum absolute atomic E-state index is 12.0. The number of carbonyl (C=O) groups is 1. The predicted molar refractivity (Wildman–Crippen MR) is 75.6 cm³/mol. The molecule has 0 atom stereocenters. The van der Waals surface area contributed by atoms with Gasteiger partial charge in [0.2, 0.25) is 5.91 Å². The Hall–Kier alpha value is -2.09. The second-order valence-electron chi connectivity index (χ2n) is 4.06. The normalized spacial score (nSPS) is 10.7. The lowest BCUT2D eigenvalue weighted by atomic mass is 10.3. The van der Waals surface area contributed by atoms with Crippen molar-refractivity contribution in [2.45, 2.75) is 11.8 Å². The first-order valence-electron chi connectivity index (χ1n) is 5.99. The van der Waals surface area contributed by atoms with E-state index in [1.165, 1.54) is 36.0 Å². The zero-order valence-electron chi connectivity index (χ0n) is 11.1. The van der Waals surface area contributed by atoms with Crippen LogP contribution in [0.5, 0.6) is 5.75 Å². The zero-order valence-corrected chi connectivity index (χ0v) is 11.9. The fourth-order valence-corrected chi connectivity index (χ4v) is 2.27. The van der Waals surface area contributed by atoms with Crippen LogP contribution >= 0.6 is 11.8 Å². The second kappa shape index (κ2) is 7.07. The third kappa shape index (κ3) is 4.75. The Morgan fingerprint density at radius 1 is 1.43 bits per heavy atom. The van der Waals surface area contributed by atoms with Crippen LogP contribution in [0.2, 0.25) is 0 Å². The fraction of sp³-hybridized carbons (Fsp3) is 0.231. The van der Waals surface area contributed by atoms with Crippen LogP contribution < -0.4 is 10.1 Å².